The van der Waals surface area contributed by atoms with Crippen LogP contribution in [0, 0.1) is 0 Å². The van der Waals surface area contributed by atoms with Crippen molar-refractivity contribution in [1.82, 2.24) is 20.6 Å². The molecule has 0 unspecified atom stereocenters. The minimum Gasteiger partial charge on any atom is -0.273 e. The molecule has 0 fully saturated rings. The van der Waals surface area contributed by atoms with Gasteiger partial charge in [-0.2, -0.15) is 5.10 Å². The molecule has 2 amide bonds. The van der Waals surface area contributed by atoms with E-state index in [-0.39, 0.29) is 29.6 Å². The van der Waals surface area contributed by atoms with Crippen molar-refractivity contribution < 1.29 is 9.59 Å². The molecule has 7 nitrogen and oxygen atoms in total. The van der Waals surface area contributed by atoms with E-state index in [0.717, 1.165) is 18.4 Å². The Morgan fingerprint density at radius 3 is 2.45 bits per heavy atom. The van der Waals surface area contributed by atoms with E-state index in [0.29, 0.717) is 10.8 Å². The van der Waals surface area contributed by atoms with Crippen LogP contribution in [0.1, 0.15) is 59.9 Å². The number of hydrogen-bond acceptors (Lipinski definition) is 4. The maximum atomic E-state index is 12.8. The van der Waals surface area contributed by atoms with Gasteiger partial charge in [-0.05, 0) is 62.3 Å². The first-order valence-electron chi connectivity index (χ1n) is 10.7. The number of aryl methyl sites for hydroxylation is 2. The van der Waals surface area contributed by atoms with Gasteiger partial charge in [0.15, 0.2) is 5.69 Å². The van der Waals surface area contributed by atoms with Gasteiger partial charge in [0, 0.05) is 5.39 Å². The normalized spacial score (nSPS) is 13.1. The average molecular weight is 418 g/mol. The van der Waals surface area contributed by atoms with Crippen molar-refractivity contribution in [2.45, 2.75) is 52.0 Å². The van der Waals surface area contributed by atoms with Crippen molar-refractivity contribution in [3.05, 3.63) is 75.2 Å². The molecule has 2 N–H and O–H groups in total. The molecule has 160 valence electrons. The molecule has 0 spiro atoms. The number of nitrogens with one attached hydrogen (secondary N) is 2. The highest BCUT2D eigenvalue weighted by Gasteiger charge is 2.18. The Balaban J connectivity index is 1.49. The third-order valence-electron chi connectivity index (χ3n) is 5.63. The Morgan fingerprint density at radius 1 is 1.00 bits per heavy atom. The summed E-state index contributed by atoms with van der Waals surface area (Å²) in [6.07, 6.45) is 4.71. The van der Waals surface area contributed by atoms with E-state index in [1.54, 1.807) is 24.3 Å². The fourth-order valence-electron chi connectivity index (χ4n) is 4.04. The van der Waals surface area contributed by atoms with Crippen molar-refractivity contribution in [1.29, 1.82) is 0 Å². The highest BCUT2D eigenvalue weighted by atomic mass is 16.2. The van der Waals surface area contributed by atoms with Crippen LogP contribution in [0.25, 0.3) is 10.8 Å². The predicted octanol–water partition coefficient (Wildman–Crippen LogP) is 2.86. The lowest BCUT2D eigenvalue weighted by Gasteiger charge is -2.16. The zero-order valence-electron chi connectivity index (χ0n) is 17.8. The second kappa shape index (κ2) is 8.71. The van der Waals surface area contributed by atoms with E-state index >= 15 is 0 Å². The topological polar surface area (TPSA) is 93.1 Å². The van der Waals surface area contributed by atoms with Gasteiger partial charge in [0.25, 0.3) is 11.5 Å². The Morgan fingerprint density at radius 2 is 1.71 bits per heavy atom. The molecule has 1 aliphatic rings. The number of benzene rings is 2. The van der Waals surface area contributed by atoms with Gasteiger partial charge in [-0.15, -0.1) is 0 Å². The second-order valence-electron chi connectivity index (χ2n) is 8.23. The van der Waals surface area contributed by atoms with Gasteiger partial charge >= 0.3 is 0 Å². The average Bonchev–Trinajstić information content (AvgIpc) is 2.77. The molecular formula is C24H26N4O3. The van der Waals surface area contributed by atoms with Gasteiger partial charge in [-0.3, -0.25) is 25.2 Å². The lowest BCUT2D eigenvalue weighted by Crippen LogP contribution is -2.43. The first kappa shape index (κ1) is 20.8. The van der Waals surface area contributed by atoms with Gasteiger partial charge < -0.3 is 0 Å². The van der Waals surface area contributed by atoms with Crippen LogP contribution in [0.15, 0.2) is 47.3 Å². The molecule has 4 rings (SSSR count). The summed E-state index contributed by atoms with van der Waals surface area (Å²) in [5.74, 6) is -0.880. The molecule has 1 aromatic heterocycles. The van der Waals surface area contributed by atoms with Gasteiger partial charge in [0.1, 0.15) is 0 Å². The molecule has 0 bridgehead atoms. The molecule has 0 aliphatic heterocycles. The molecule has 7 heteroatoms. The van der Waals surface area contributed by atoms with Crippen molar-refractivity contribution in [2.24, 2.45) is 0 Å². The summed E-state index contributed by atoms with van der Waals surface area (Å²) in [7, 11) is 0. The Bertz CT molecular complexity index is 1210. The van der Waals surface area contributed by atoms with E-state index < -0.39 is 5.91 Å². The van der Waals surface area contributed by atoms with Crippen molar-refractivity contribution in [3.63, 3.8) is 0 Å². The zero-order valence-corrected chi connectivity index (χ0v) is 17.8. The minimum absolute atomic E-state index is 0.0954. The number of nitrogens with zero attached hydrogens (tertiary/aromatic N) is 2. The van der Waals surface area contributed by atoms with E-state index in [4.69, 9.17) is 0 Å². The number of aromatic nitrogens is 2. The smallest absolute Gasteiger partial charge is 0.273 e. The SMILES string of the molecule is CC(C)n1nc(C(=O)NNC(=O)Cc2ccc3c(c2)CCCC3)c2ccccc2c1=O. The number of hydrazine groups is 1. The number of carbonyl (C=O) groups is 2. The van der Waals surface area contributed by atoms with Crippen LogP contribution in [-0.2, 0) is 24.1 Å². The van der Waals surface area contributed by atoms with E-state index in [1.165, 1.54) is 28.7 Å². The fourth-order valence-corrected chi connectivity index (χ4v) is 4.04. The molecule has 0 saturated heterocycles. The Kier molecular flexibility index (Phi) is 5.84. The third-order valence-corrected chi connectivity index (χ3v) is 5.63. The number of rotatable bonds is 4. The molecule has 31 heavy (non-hydrogen) atoms. The van der Waals surface area contributed by atoms with Crippen molar-refractivity contribution in [2.75, 3.05) is 0 Å². The van der Waals surface area contributed by atoms with Crippen LogP contribution in [0.2, 0.25) is 0 Å². The van der Waals surface area contributed by atoms with Crippen molar-refractivity contribution in [3.8, 4) is 0 Å². The molecular weight excluding hydrogens is 392 g/mol. The second-order valence-corrected chi connectivity index (χ2v) is 8.23. The highest BCUT2D eigenvalue weighted by Crippen LogP contribution is 2.22. The summed E-state index contributed by atoms with van der Waals surface area (Å²) in [6, 6.07) is 12.8. The van der Waals surface area contributed by atoms with Crippen LogP contribution in [0.5, 0.6) is 0 Å². The number of fused-ring (bicyclic) bond motifs is 2. The maximum absolute atomic E-state index is 12.8. The van der Waals surface area contributed by atoms with Gasteiger partial charge in [-0.25, -0.2) is 4.68 Å². The monoisotopic (exact) mass is 418 g/mol. The summed E-state index contributed by atoms with van der Waals surface area (Å²) in [6.45, 7) is 3.65. The van der Waals surface area contributed by atoms with Crippen LogP contribution in [0.4, 0.5) is 0 Å². The standard InChI is InChI=1S/C24H26N4O3/c1-15(2)28-24(31)20-10-6-5-9-19(20)22(27-28)23(30)26-25-21(29)14-16-11-12-17-7-3-4-8-18(17)13-16/h5-6,9-13,15H,3-4,7-8,14H2,1-2H3,(H,25,29)(H,26,30). The molecule has 3 aromatic rings. The first-order valence-corrected chi connectivity index (χ1v) is 10.7. The summed E-state index contributed by atoms with van der Waals surface area (Å²) >= 11 is 0. The van der Waals surface area contributed by atoms with Gasteiger partial charge in [0.2, 0.25) is 5.91 Å². The number of hydrogen-bond donors (Lipinski definition) is 2. The largest absolute Gasteiger partial charge is 0.290 e. The van der Waals surface area contributed by atoms with E-state index in [1.807, 2.05) is 19.9 Å². The summed E-state index contributed by atoms with van der Waals surface area (Å²) in [5, 5.41) is 5.11. The highest BCUT2D eigenvalue weighted by molar-refractivity contribution is 6.05. The Hall–Kier alpha value is -3.48. The number of carbonyl (C=O) groups excluding carboxylic acids is 2. The quantitative estimate of drug-likeness (QED) is 0.637. The van der Waals surface area contributed by atoms with Gasteiger partial charge in [-0.1, -0.05) is 36.4 Å². The van der Waals surface area contributed by atoms with Gasteiger partial charge in [0.05, 0.1) is 17.8 Å². The molecule has 2 aromatic carbocycles. The summed E-state index contributed by atoms with van der Waals surface area (Å²) in [4.78, 5) is 37.8. The summed E-state index contributed by atoms with van der Waals surface area (Å²) < 4.78 is 1.28. The Labute approximate surface area is 180 Å². The molecule has 0 atom stereocenters. The minimum atomic E-state index is -0.565. The van der Waals surface area contributed by atoms with Crippen LogP contribution < -0.4 is 16.4 Å². The van der Waals surface area contributed by atoms with Crippen LogP contribution >= 0.6 is 0 Å². The lowest BCUT2D eigenvalue weighted by molar-refractivity contribution is -0.121. The van der Waals surface area contributed by atoms with E-state index in [2.05, 4.69) is 28.1 Å². The zero-order chi connectivity index (χ0) is 22.0. The molecule has 0 saturated carbocycles. The third kappa shape index (κ3) is 4.35. The molecule has 1 heterocycles. The molecule has 0 radical (unpaired) electrons. The maximum Gasteiger partial charge on any atom is 0.290 e. The van der Waals surface area contributed by atoms with Crippen molar-refractivity contribution >= 4 is 22.6 Å². The summed E-state index contributed by atoms with van der Waals surface area (Å²) in [5.41, 5.74) is 8.35. The number of amides is 2. The van der Waals surface area contributed by atoms with E-state index in [9.17, 15) is 14.4 Å². The fraction of sp³-hybridized carbons (Fsp3) is 0.333. The van der Waals surface area contributed by atoms with Crippen LogP contribution in [0.3, 0.4) is 0 Å². The van der Waals surface area contributed by atoms with Crippen LogP contribution in [-0.4, -0.2) is 21.6 Å². The predicted molar refractivity (Wildman–Crippen MR) is 119 cm³/mol. The molecule has 1 aliphatic carbocycles. The lowest BCUT2D eigenvalue weighted by atomic mass is 9.90. The first-order chi connectivity index (χ1) is 14.9.